The van der Waals surface area contributed by atoms with E-state index in [4.69, 9.17) is 9.11 Å². The number of nitrogens with zero attached hydrogens (tertiary/aromatic N) is 4. The number of ether oxygens (including phenoxy) is 1. The minimum atomic E-state index is 0.271. The van der Waals surface area contributed by atoms with E-state index in [2.05, 4.69) is 46.2 Å². The lowest BCUT2D eigenvalue weighted by Crippen LogP contribution is -2.47. The van der Waals surface area contributed by atoms with E-state index in [0.29, 0.717) is 6.42 Å². The molecule has 1 amide bonds. The number of carbonyl (C=O) groups is 1. The van der Waals surface area contributed by atoms with Crippen molar-refractivity contribution in [3.05, 3.63) is 47.5 Å². The van der Waals surface area contributed by atoms with Crippen LogP contribution in [0.4, 0.5) is 11.5 Å². The van der Waals surface area contributed by atoms with E-state index in [9.17, 15) is 4.79 Å². The molecule has 0 atom stereocenters. The largest absolute Gasteiger partial charge is 0.494 e. The molecule has 0 saturated carbocycles. The number of piperazine rings is 1. The summed E-state index contributed by atoms with van der Waals surface area (Å²) in [6, 6.07) is 12.8. The highest BCUT2D eigenvalue weighted by Crippen LogP contribution is 2.39. The van der Waals surface area contributed by atoms with Crippen molar-refractivity contribution in [2.75, 3.05) is 55.7 Å². The van der Waals surface area contributed by atoms with Gasteiger partial charge in [-0.25, -0.2) is 0 Å². The number of amides is 1. The summed E-state index contributed by atoms with van der Waals surface area (Å²) in [5.41, 5.74) is 3.72. The van der Waals surface area contributed by atoms with Crippen molar-refractivity contribution in [1.82, 2.24) is 9.27 Å². The topological polar surface area (TPSA) is 48.9 Å². The number of hydrogen-bond donors (Lipinski definition) is 0. The van der Waals surface area contributed by atoms with Crippen molar-refractivity contribution < 1.29 is 9.53 Å². The molecule has 0 unspecified atom stereocenters. The van der Waals surface area contributed by atoms with Gasteiger partial charge in [0.1, 0.15) is 11.6 Å². The van der Waals surface area contributed by atoms with Crippen LogP contribution < -0.4 is 14.5 Å². The Balaban J connectivity index is 0.993. The van der Waals surface area contributed by atoms with E-state index in [1.165, 1.54) is 26.9 Å². The normalized spacial score (nSPS) is 18.4. The molecule has 0 N–H and O–H groups in total. The molecule has 0 aliphatic carbocycles. The maximum atomic E-state index is 12.1. The molecular formula is C25H28N4O2S. The zero-order chi connectivity index (χ0) is 21.5. The lowest BCUT2D eigenvalue weighted by atomic mass is 9.99. The van der Waals surface area contributed by atoms with E-state index in [0.717, 1.165) is 76.7 Å². The second-order valence-corrected chi connectivity index (χ2v) is 9.72. The standard InChI is InChI=1S/C25H28N4O2S/c30-23-7-6-18-16-20(17-19-8-10-29(23)24(18)19)31-15-3-9-27-11-13-28(14-12-27)25-21-4-1-2-5-22(21)32-26-25/h1-2,4-5,16-17H,3,6-15H2. The second-order valence-electron chi connectivity index (χ2n) is 8.92. The molecule has 0 spiro atoms. The monoisotopic (exact) mass is 448 g/mol. The Bertz CT molecular complexity index is 1150. The number of rotatable bonds is 6. The highest BCUT2D eigenvalue weighted by Gasteiger charge is 2.31. The molecular weight excluding hydrogens is 420 g/mol. The highest BCUT2D eigenvalue weighted by atomic mass is 32.1. The third-order valence-electron chi connectivity index (χ3n) is 6.94. The number of hydrogen-bond acceptors (Lipinski definition) is 6. The van der Waals surface area contributed by atoms with Crippen LogP contribution in [0.2, 0.25) is 0 Å². The summed E-state index contributed by atoms with van der Waals surface area (Å²) < 4.78 is 12.1. The number of aromatic nitrogens is 1. The molecule has 3 aromatic rings. The average Bonchev–Trinajstić information content (AvgIpc) is 3.45. The van der Waals surface area contributed by atoms with Crippen molar-refractivity contribution in [2.24, 2.45) is 0 Å². The van der Waals surface area contributed by atoms with Crippen LogP contribution in [0.1, 0.15) is 24.0 Å². The van der Waals surface area contributed by atoms with Gasteiger partial charge < -0.3 is 14.5 Å². The maximum absolute atomic E-state index is 12.1. The maximum Gasteiger partial charge on any atom is 0.227 e. The minimum Gasteiger partial charge on any atom is -0.494 e. The number of benzene rings is 2. The summed E-state index contributed by atoms with van der Waals surface area (Å²) in [4.78, 5) is 19.0. The first-order chi connectivity index (χ1) is 15.8. The molecule has 1 aromatic heterocycles. The fourth-order valence-corrected chi connectivity index (χ4v) is 6.07. The number of carbonyl (C=O) groups excluding carboxylic acids is 1. The molecule has 0 radical (unpaired) electrons. The summed E-state index contributed by atoms with van der Waals surface area (Å²) in [6.45, 7) is 6.81. The Labute approximate surface area is 192 Å². The van der Waals surface area contributed by atoms with E-state index >= 15 is 0 Å². The van der Waals surface area contributed by atoms with E-state index in [1.54, 1.807) is 11.5 Å². The van der Waals surface area contributed by atoms with Gasteiger partial charge in [0.2, 0.25) is 5.91 Å². The summed E-state index contributed by atoms with van der Waals surface area (Å²) in [5, 5.41) is 1.28. The molecule has 3 aliphatic rings. The lowest BCUT2D eigenvalue weighted by Gasteiger charge is -2.35. The summed E-state index contributed by atoms with van der Waals surface area (Å²) >= 11 is 1.60. The lowest BCUT2D eigenvalue weighted by molar-refractivity contribution is -0.118. The molecule has 0 bridgehead atoms. The first-order valence-electron chi connectivity index (χ1n) is 11.7. The van der Waals surface area contributed by atoms with Crippen LogP contribution in [0.25, 0.3) is 10.1 Å². The number of fused-ring (bicyclic) bond motifs is 1. The summed E-state index contributed by atoms with van der Waals surface area (Å²) in [5.74, 6) is 2.39. The van der Waals surface area contributed by atoms with E-state index in [-0.39, 0.29) is 5.91 Å². The average molecular weight is 449 g/mol. The molecule has 3 aliphatic heterocycles. The highest BCUT2D eigenvalue weighted by molar-refractivity contribution is 7.13. The van der Waals surface area contributed by atoms with Gasteiger partial charge in [0, 0.05) is 51.1 Å². The molecule has 6 nitrogen and oxygen atoms in total. The van der Waals surface area contributed by atoms with Gasteiger partial charge in [0.25, 0.3) is 0 Å². The van der Waals surface area contributed by atoms with Crippen LogP contribution in [0.3, 0.4) is 0 Å². The Morgan fingerprint density at radius 2 is 1.78 bits per heavy atom. The Morgan fingerprint density at radius 1 is 0.969 bits per heavy atom. The van der Waals surface area contributed by atoms with Crippen molar-refractivity contribution in [1.29, 1.82) is 0 Å². The van der Waals surface area contributed by atoms with Gasteiger partial charge in [-0.15, -0.1) is 0 Å². The summed E-state index contributed by atoms with van der Waals surface area (Å²) in [6.07, 6.45) is 3.44. The van der Waals surface area contributed by atoms with Crippen molar-refractivity contribution in [2.45, 2.75) is 25.7 Å². The zero-order valence-electron chi connectivity index (χ0n) is 18.3. The predicted octanol–water partition coefficient (Wildman–Crippen LogP) is 3.72. The molecule has 1 fully saturated rings. The van der Waals surface area contributed by atoms with Gasteiger partial charge in [-0.1, -0.05) is 12.1 Å². The third-order valence-corrected chi connectivity index (χ3v) is 7.76. The first kappa shape index (κ1) is 20.0. The van der Waals surface area contributed by atoms with E-state index in [1.807, 2.05) is 4.90 Å². The van der Waals surface area contributed by atoms with E-state index < -0.39 is 0 Å². The third kappa shape index (κ3) is 3.63. The molecule has 166 valence electrons. The van der Waals surface area contributed by atoms with Crippen molar-refractivity contribution in [3.8, 4) is 5.75 Å². The van der Waals surface area contributed by atoms with Crippen LogP contribution in [-0.2, 0) is 17.6 Å². The van der Waals surface area contributed by atoms with Crippen LogP contribution in [0.5, 0.6) is 5.75 Å². The molecule has 2 aromatic carbocycles. The number of anilines is 2. The smallest absolute Gasteiger partial charge is 0.227 e. The predicted molar refractivity (Wildman–Crippen MR) is 129 cm³/mol. The molecule has 32 heavy (non-hydrogen) atoms. The van der Waals surface area contributed by atoms with Gasteiger partial charge >= 0.3 is 0 Å². The fourth-order valence-electron chi connectivity index (χ4n) is 5.27. The van der Waals surface area contributed by atoms with Gasteiger partial charge in [-0.2, -0.15) is 4.37 Å². The minimum absolute atomic E-state index is 0.271. The Morgan fingerprint density at radius 3 is 2.66 bits per heavy atom. The van der Waals surface area contributed by atoms with Gasteiger partial charge in [0.15, 0.2) is 0 Å². The van der Waals surface area contributed by atoms with Crippen LogP contribution in [-0.4, -0.2) is 61.1 Å². The summed E-state index contributed by atoms with van der Waals surface area (Å²) in [7, 11) is 0. The van der Waals surface area contributed by atoms with Crippen LogP contribution in [0.15, 0.2) is 36.4 Å². The van der Waals surface area contributed by atoms with Gasteiger partial charge in [-0.3, -0.25) is 9.69 Å². The fraction of sp³-hybridized carbons (Fsp3) is 0.440. The molecule has 1 saturated heterocycles. The number of aryl methyl sites for hydroxylation is 1. The SMILES string of the molecule is O=C1CCc2cc(OCCCN3CCN(c4nsc5ccccc45)CC3)cc3c2N1CC3. The van der Waals surface area contributed by atoms with Crippen LogP contribution >= 0.6 is 11.5 Å². The molecule has 6 rings (SSSR count). The van der Waals surface area contributed by atoms with Crippen molar-refractivity contribution >= 4 is 39.0 Å². The zero-order valence-corrected chi connectivity index (χ0v) is 19.1. The second kappa shape index (κ2) is 8.37. The quantitative estimate of drug-likeness (QED) is 0.538. The van der Waals surface area contributed by atoms with Crippen LogP contribution in [0, 0.1) is 0 Å². The molecule has 7 heteroatoms. The first-order valence-corrected chi connectivity index (χ1v) is 12.4. The Kier molecular flexibility index (Phi) is 5.23. The Hall–Kier alpha value is -2.64. The molecule has 4 heterocycles. The van der Waals surface area contributed by atoms with Crippen molar-refractivity contribution in [3.63, 3.8) is 0 Å². The van der Waals surface area contributed by atoms with Gasteiger partial charge in [-0.05, 0) is 66.2 Å². The van der Waals surface area contributed by atoms with Gasteiger partial charge in [0.05, 0.1) is 17.0 Å².